The molecule has 0 atom stereocenters. The van der Waals surface area contributed by atoms with Crippen LogP contribution in [0.1, 0.15) is 15.9 Å². The number of para-hydroxylation sites is 2. The minimum absolute atomic E-state index is 0.0723. The van der Waals surface area contributed by atoms with E-state index in [1.54, 1.807) is 48.5 Å². The molecule has 0 spiro atoms. The minimum atomic E-state index is -0.837. The third-order valence-corrected chi connectivity index (χ3v) is 2.81. The van der Waals surface area contributed by atoms with Gasteiger partial charge in [0.15, 0.2) is 0 Å². The van der Waals surface area contributed by atoms with E-state index < -0.39 is 6.09 Å². The van der Waals surface area contributed by atoms with Crippen molar-refractivity contribution in [2.24, 2.45) is 5.73 Å². The van der Waals surface area contributed by atoms with Crippen LogP contribution in [0.5, 0.6) is 0 Å². The number of amides is 2. The summed E-state index contributed by atoms with van der Waals surface area (Å²) in [6.45, 7) is 0.0723. The first-order valence-electron chi connectivity index (χ1n) is 6.23. The lowest BCUT2D eigenvalue weighted by Crippen LogP contribution is -2.14. The Bertz CT molecular complexity index is 653. The number of carbonyl (C=O) groups excluding carboxylic acids is 2. The van der Waals surface area contributed by atoms with Gasteiger partial charge in [-0.1, -0.05) is 24.3 Å². The summed E-state index contributed by atoms with van der Waals surface area (Å²) in [5.74, 6) is -0.268. The number of nitrogen functional groups attached to an aromatic ring is 1. The Morgan fingerprint density at radius 2 is 1.71 bits per heavy atom. The third kappa shape index (κ3) is 3.97. The van der Waals surface area contributed by atoms with Crippen LogP contribution in [0.4, 0.5) is 16.2 Å². The van der Waals surface area contributed by atoms with Crippen LogP contribution >= 0.6 is 0 Å². The van der Waals surface area contributed by atoms with E-state index in [9.17, 15) is 9.59 Å². The maximum absolute atomic E-state index is 12.1. The lowest BCUT2D eigenvalue weighted by molar-refractivity contribution is 0.102. The van der Waals surface area contributed by atoms with Gasteiger partial charge in [0.05, 0.1) is 11.4 Å². The standard InChI is InChI=1S/C15H15N3O3/c16-12-3-1-2-4-13(12)18-14(19)11-7-5-10(6-8-11)9-21-15(17)20/h1-8H,9,16H2,(H2,17,20)(H,18,19). The fraction of sp³-hybridized carbons (Fsp3) is 0.0667. The smallest absolute Gasteiger partial charge is 0.404 e. The summed E-state index contributed by atoms with van der Waals surface area (Å²) in [5, 5.41) is 2.73. The van der Waals surface area contributed by atoms with Crippen LogP contribution in [-0.2, 0) is 11.3 Å². The van der Waals surface area contributed by atoms with Crippen molar-refractivity contribution in [2.75, 3.05) is 11.1 Å². The van der Waals surface area contributed by atoms with Crippen molar-refractivity contribution >= 4 is 23.4 Å². The molecule has 108 valence electrons. The number of carbonyl (C=O) groups is 2. The molecule has 0 unspecified atom stereocenters. The van der Waals surface area contributed by atoms with Crippen LogP contribution in [0.2, 0.25) is 0 Å². The average Bonchev–Trinajstić information content (AvgIpc) is 2.48. The Morgan fingerprint density at radius 3 is 2.33 bits per heavy atom. The molecule has 0 radical (unpaired) electrons. The van der Waals surface area contributed by atoms with Crippen molar-refractivity contribution < 1.29 is 14.3 Å². The summed E-state index contributed by atoms with van der Waals surface area (Å²) in [7, 11) is 0. The molecule has 0 aromatic heterocycles. The van der Waals surface area contributed by atoms with Gasteiger partial charge >= 0.3 is 6.09 Å². The number of primary amides is 1. The first-order chi connectivity index (χ1) is 10.1. The molecule has 0 saturated carbocycles. The molecule has 2 amide bonds. The van der Waals surface area contributed by atoms with Crippen LogP contribution in [0.25, 0.3) is 0 Å². The fourth-order valence-electron chi connectivity index (χ4n) is 1.71. The molecular formula is C15H15N3O3. The summed E-state index contributed by atoms with van der Waals surface area (Å²) in [5.41, 5.74) is 12.9. The highest BCUT2D eigenvalue weighted by Crippen LogP contribution is 2.18. The van der Waals surface area contributed by atoms with Crippen molar-refractivity contribution in [3.63, 3.8) is 0 Å². The summed E-state index contributed by atoms with van der Waals surface area (Å²) in [4.78, 5) is 22.6. The first kappa shape index (κ1) is 14.4. The number of anilines is 2. The third-order valence-electron chi connectivity index (χ3n) is 2.81. The highest BCUT2D eigenvalue weighted by molar-refractivity contribution is 6.05. The van der Waals surface area contributed by atoms with Crippen LogP contribution in [0.15, 0.2) is 48.5 Å². The summed E-state index contributed by atoms with van der Waals surface area (Å²) >= 11 is 0. The van der Waals surface area contributed by atoms with Crippen molar-refractivity contribution in [1.29, 1.82) is 0 Å². The molecule has 6 heteroatoms. The highest BCUT2D eigenvalue weighted by atomic mass is 16.5. The predicted molar refractivity (Wildman–Crippen MR) is 79.6 cm³/mol. The Balaban J connectivity index is 2.03. The molecule has 21 heavy (non-hydrogen) atoms. The second kappa shape index (κ2) is 6.42. The zero-order chi connectivity index (χ0) is 15.2. The summed E-state index contributed by atoms with van der Waals surface area (Å²) < 4.78 is 4.66. The Kier molecular flexibility index (Phi) is 4.40. The second-order valence-corrected chi connectivity index (χ2v) is 4.35. The number of benzene rings is 2. The Labute approximate surface area is 121 Å². The topological polar surface area (TPSA) is 107 Å². The zero-order valence-corrected chi connectivity index (χ0v) is 11.2. The zero-order valence-electron chi connectivity index (χ0n) is 11.2. The van der Waals surface area contributed by atoms with E-state index in [-0.39, 0.29) is 12.5 Å². The van der Waals surface area contributed by atoms with Crippen LogP contribution < -0.4 is 16.8 Å². The van der Waals surface area contributed by atoms with Gasteiger partial charge in [0.1, 0.15) is 6.61 Å². The molecule has 0 saturated heterocycles. The molecule has 0 aliphatic heterocycles. The van der Waals surface area contributed by atoms with E-state index in [4.69, 9.17) is 11.5 Å². The number of hydrogen-bond acceptors (Lipinski definition) is 4. The summed E-state index contributed by atoms with van der Waals surface area (Å²) in [6.07, 6.45) is -0.837. The van der Waals surface area contributed by atoms with Crippen LogP contribution in [0, 0.1) is 0 Å². The highest BCUT2D eigenvalue weighted by Gasteiger charge is 2.08. The van der Waals surface area contributed by atoms with Gasteiger partial charge in [0.25, 0.3) is 5.91 Å². The fourth-order valence-corrected chi connectivity index (χ4v) is 1.71. The molecule has 0 heterocycles. The van der Waals surface area contributed by atoms with Gasteiger partial charge in [-0.15, -0.1) is 0 Å². The maximum atomic E-state index is 12.1. The van der Waals surface area contributed by atoms with Gasteiger partial charge in [-0.2, -0.15) is 0 Å². The quantitative estimate of drug-likeness (QED) is 0.748. The largest absolute Gasteiger partial charge is 0.445 e. The number of hydrogen-bond donors (Lipinski definition) is 3. The molecule has 2 aromatic carbocycles. The van der Waals surface area contributed by atoms with Gasteiger partial charge in [0, 0.05) is 5.56 Å². The SMILES string of the molecule is NC(=O)OCc1ccc(C(=O)Nc2ccccc2N)cc1. The predicted octanol–water partition coefficient (Wildman–Crippen LogP) is 2.12. The Morgan fingerprint density at radius 1 is 1.05 bits per heavy atom. The van der Waals surface area contributed by atoms with Crippen molar-refractivity contribution in [1.82, 2.24) is 0 Å². The monoisotopic (exact) mass is 285 g/mol. The molecule has 5 N–H and O–H groups in total. The second-order valence-electron chi connectivity index (χ2n) is 4.35. The molecule has 0 aliphatic carbocycles. The summed E-state index contributed by atoms with van der Waals surface area (Å²) in [6, 6.07) is 13.7. The van der Waals surface area contributed by atoms with E-state index in [2.05, 4.69) is 10.1 Å². The van der Waals surface area contributed by atoms with Gasteiger partial charge in [-0.3, -0.25) is 4.79 Å². The molecule has 6 nitrogen and oxygen atoms in total. The molecule has 0 bridgehead atoms. The molecule has 0 aliphatic rings. The Hall–Kier alpha value is -3.02. The molecule has 2 rings (SSSR count). The number of rotatable bonds is 4. The van der Waals surface area contributed by atoms with E-state index in [0.29, 0.717) is 16.9 Å². The van der Waals surface area contributed by atoms with E-state index in [1.165, 1.54) is 0 Å². The normalized spacial score (nSPS) is 9.90. The molecule has 0 fully saturated rings. The van der Waals surface area contributed by atoms with Gasteiger partial charge < -0.3 is 21.5 Å². The maximum Gasteiger partial charge on any atom is 0.404 e. The van der Waals surface area contributed by atoms with E-state index >= 15 is 0 Å². The van der Waals surface area contributed by atoms with E-state index in [1.807, 2.05) is 0 Å². The van der Waals surface area contributed by atoms with Crippen molar-refractivity contribution in [3.8, 4) is 0 Å². The lowest BCUT2D eigenvalue weighted by atomic mass is 10.1. The number of nitrogens with two attached hydrogens (primary N) is 2. The average molecular weight is 285 g/mol. The number of ether oxygens (including phenoxy) is 1. The van der Waals surface area contributed by atoms with Crippen LogP contribution in [0.3, 0.4) is 0 Å². The minimum Gasteiger partial charge on any atom is -0.445 e. The lowest BCUT2D eigenvalue weighted by Gasteiger charge is -2.08. The van der Waals surface area contributed by atoms with Crippen molar-refractivity contribution in [3.05, 3.63) is 59.7 Å². The van der Waals surface area contributed by atoms with Gasteiger partial charge in [-0.25, -0.2) is 4.79 Å². The number of nitrogens with one attached hydrogen (secondary N) is 1. The van der Waals surface area contributed by atoms with Crippen LogP contribution in [-0.4, -0.2) is 12.0 Å². The van der Waals surface area contributed by atoms with Crippen molar-refractivity contribution in [2.45, 2.75) is 6.61 Å². The molecular weight excluding hydrogens is 270 g/mol. The van der Waals surface area contributed by atoms with E-state index in [0.717, 1.165) is 5.56 Å². The molecule has 2 aromatic rings. The first-order valence-corrected chi connectivity index (χ1v) is 6.23. The van der Waals surface area contributed by atoms with Gasteiger partial charge in [0.2, 0.25) is 0 Å². The van der Waals surface area contributed by atoms with Gasteiger partial charge in [-0.05, 0) is 29.8 Å².